The predicted molar refractivity (Wildman–Crippen MR) is 63.2 cm³/mol. The van der Waals surface area contributed by atoms with Gasteiger partial charge in [0.1, 0.15) is 5.17 Å². The van der Waals surface area contributed by atoms with Crippen LogP contribution in [0.4, 0.5) is 5.69 Å². The Kier molecular flexibility index (Phi) is 5.45. The van der Waals surface area contributed by atoms with Crippen molar-refractivity contribution >= 4 is 22.5 Å². The van der Waals surface area contributed by atoms with E-state index < -0.39 is 0 Å². The van der Waals surface area contributed by atoms with Gasteiger partial charge in [0.2, 0.25) is 0 Å². The van der Waals surface area contributed by atoms with Crippen LogP contribution < -0.4 is 0 Å². The van der Waals surface area contributed by atoms with Gasteiger partial charge < -0.3 is 5.11 Å². The number of aliphatic imine (C=N–C) groups is 1. The molecule has 4 heteroatoms. The van der Waals surface area contributed by atoms with Gasteiger partial charge in [0.15, 0.2) is 0 Å². The molecule has 1 unspecified atom stereocenters. The van der Waals surface area contributed by atoms with Gasteiger partial charge in [-0.2, -0.15) is 0 Å². The minimum atomic E-state index is -0.253. The third-order valence-electron chi connectivity index (χ3n) is 2.91. The summed E-state index contributed by atoms with van der Waals surface area (Å²) in [6.45, 7) is 3.80. The molecule has 0 saturated heterocycles. The summed E-state index contributed by atoms with van der Waals surface area (Å²) in [4.78, 5) is 4.20. The number of fused-ring (bicyclic) bond motifs is 1. The summed E-state index contributed by atoms with van der Waals surface area (Å²) in [5, 5.41) is 10.3. The Morgan fingerprint density at radius 1 is 1.50 bits per heavy atom. The van der Waals surface area contributed by atoms with E-state index in [9.17, 15) is 5.11 Å². The largest absolute Gasteiger partial charge is 0.392 e. The smallest absolute Gasteiger partial charge is 0.103 e. The van der Waals surface area contributed by atoms with Gasteiger partial charge in [-0.3, -0.25) is 0 Å². The number of hydrogen-bond acceptors (Lipinski definition) is 2. The Hall–Kier alpha value is 0.582. The molecule has 1 aromatic rings. The molecule has 2 atom stereocenters. The van der Waals surface area contributed by atoms with Crippen molar-refractivity contribution in [1.82, 2.24) is 0 Å². The molecule has 2 rings (SSSR count). The number of nitrogens with zero attached hydrogens (tertiary/aromatic N) is 1. The summed E-state index contributed by atoms with van der Waals surface area (Å²) in [7, 11) is 0. The minimum Gasteiger partial charge on any atom is -0.392 e. The number of rotatable bonds is 1. The number of aliphatic hydroxyl groups is 1. The summed E-state index contributed by atoms with van der Waals surface area (Å²) in [5.41, 5.74) is 3.28. The van der Waals surface area contributed by atoms with Gasteiger partial charge >= 0.3 is 0 Å². The maximum absolute atomic E-state index is 9.73. The second-order valence-corrected chi connectivity index (χ2v) is 4.60. The Morgan fingerprint density at radius 3 is 2.81 bits per heavy atom. The van der Waals surface area contributed by atoms with Gasteiger partial charge in [-0.05, 0) is 36.6 Å². The Labute approximate surface area is 137 Å². The first-order chi connectivity index (χ1) is 7.08. The van der Waals surface area contributed by atoms with E-state index in [0.29, 0.717) is 5.17 Å². The Balaban J connectivity index is 0.00000128. The molecule has 0 saturated carbocycles. The Morgan fingerprint density at radius 2 is 2.19 bits per heavy atom. The quantitative estimate of drug-likeness (QED) is 0.656. The first-order valence-electron chi connectivity index (χ1n) is 5.09. The molecule has 16 heavy (non-hydrogen) atoms. The zero-order chi connectivity index (χ0) is 11.0. The van der Waals surface area contributed by atoms with Crippen LogP contribution in [0.15, 0.2) is 23.2 Å². The van der Waals surface area contributed by atoms with Crippen LogP contribution in [0.3, 0.4) is 0 Å². The third-order valence-corrected chi connectivity index (χ3v) is 2.99. The van der Waals surface area contributed by atoms with Crippen molar-refractivity contribution in [3.63, 3.8) is 0 Å². The fourth-order valence-corrected chi connectivity index (χ4v) is 2.15. The van der Waals surface area contributed by atoms with Gasteiger partial charge in [0.25, 0.3) is 0 Å². The molecule has 1 N–H and O–H groups in total. The molecule has 0 heterocycles. The molecule has 1 aliphatic rings. The molecule has 0 aromatic heterocycles. The van der Waals surface area contributed by atoms with E-state index in [4.69, 9.17) is 11.6 Å². The van der Waals surface area contributed by atoms with E-state index in [-0.39, 0.29) is 56.1 Å². The van der Waals surface area contributed by atoms with Gasteiger partial charge in [-0.1, -0.05) is 24.6 Å². The van der Waals surface area contributed by atoms with E-state index in [1.807, 2.05) is 25.1 Å². The van der Waals surface area contributed by atoms with Crippen LogP contribution in [0, 0.1) is 44.1 Å². The second kappa shape index (κ2) is 5.96. The first-order valence-corrected chi connectivity index (χ1v) is 5.47. The van der Waals surface area contributed by atoms with E-state index in [0.717, 1.165) is 12.1 Å². The van der Waals surface area contributed by atoms with Crippen LogP contribution in [0.1, 0.15) is 30.9 Å². The fourth-order valence-electron chi connectivity index (χ4n) is 2.05. The van der Waals surface area contributed by atoms with Crippen molar-refractivity contribution < 1.29 is 49.2 Å². The summed E-state index contributed by atoms with van der Waals surface area (Å²) in [6.07, 6.45) is 0.497. The SMILES string of the molecule is CC(Cl)=Nc1ccc2c(c1)[C@@H](C)C(O)C2.[Ac]. The standard InChI is InChI=1S/C12H14ClNO.Ac/c1-7-11-6-10(14-8(2)13)4-3-9(11)5-12(7)15;/h3-4,6-7,12,15H,5H2,1-2H3;/t7-,12?;/m1./s1. The molecule has 2 nitrogen and oxygen atoms in total. The summed E-state index contributed by atoms with van der Waals surface area (Å²) in [6, 6.07) is 5.98. The van der Waals surface area contributed by atoms with Crippen LogP contribution in [0.2, 0.25) is 0 Å². The van der Waals surface area contributed by atoms with Crippen molar-refractivity contribution in [3.8, 4) is 0 Å². The van der Waals surface area contributed by atoms with Gasteiger partial charge in [-0.15, -0.1) is 0 Å². The van der Waals surface area contributed by atoms with Gasteiger partial charge in [0, 0.05) is 50.0 Å². The molecule has 0 aliphatic heterocycles. The van der Waals surface area contributed by atoms with Crippen LogP contribution in [0.25, 0.3) is 0 Å². The monoisotopic (exact) mass is 450 g/mol. The number of halogens is 1. The van der Waals surface area contributed by atoms with Crippen molar-refractivity contribution in [2.75, 3.05) is 0 Å². The van der Waals surface area contributed by atoms with Crippen molar-refractivity contribution in [2.24, 2.45) is 4.99 Å². The van der Waals surface area contributed by atoms with Gasteiger partial charge in [0.05, 0.1) is 11.8 Å². The van der Waals surface area contributed by atoms with Crippen LogP contribution in [-0.2, 0) is 6.42 Å². The Bertz CT molecular complexity index is 415. The molecular weight excluding hydrogens is 437 g/mol. The van der Waals surface area contributed by atoms with E-state index in [1.165, 1.54) is 11.1 Å². The molecular formula is C12H14AcClNO. The van der Waals surface area contributed by atoms with Crippen molar-refractivity contribution in [3.05, 3.63) is 29.3 Å². The normalized spacial score (nSPS) is 23.9. The predicted octanol–water partition coefficient (Wildman–Crippen LogP) is 3.00. The van der Waals surface area contributed by atoms with E-state index in [2.05, 4.69) is 4.99 Å². The summed E-state index contributed by atoms with van der Waals surface area (Å²) >= 11 is 5.73. The maximum Gasteiger partial charge on any atom is 0.103 e. The molecule has 1 radical (unpaired) electrons. The zero-order valence-electron chi connectivity index (χ0n) is 9.44. The summed E-state index contributed by atoms with van der Waals surface area (Å²) in [5.74, 6) is 0.200. The van der Waals surface area contributed by atoms with E-state index >= 15 is 0 Å². The molecule has 0 spiro atoms. The number of benzene rings is 1. The second-order valence-electron chi connectivity index (χ2n) is 4.05. The molecule has 1 aromatic carbocycles. The topological polar surface area (TPSA) is 32.6 Å². The number of aliphatic hydroxyl groups excluding tert-OH is 1. The fraction of sp³-hybridized carbons (Fsp3) is 0.417. The molecule has 0 fully saturated rings. The molecule has 83 valence electrons. The van der Waals surface area contributed by atoms with Crippen LogP contribution in [0.5, 0.6) is 0 Å². The van der Waals surface area contributed by atoms with Crippen LogP contribution in [-0.4, -0.2) is 16.4 Å². The minimum absolute atomic E-state index is 0. The third kappa shape index (κ3) is 3.07. The number of hydrogen-bond donors (Lipinski definition) is 1. The first kappa shape index (κ1) is 14.6. The van der Waals surface area contributed by atoms with Gasteiger partial charge in [-0.25, -0.2) is 4.99 Å². The van der Waals surface area contributed by atoms with Crippen LogP contribution >= 0.6 is 11.6 Å². The average Bonchev–Trinajstić information content (AvgIpc) is 2.43. The van der Waals surface area contributed by atoms with E-state index in [1.54, 1.807) is 6.92 Å². The van der Waals surface area contributed by atoms with Crippen molar-refractivity contribution in [2.45, 2.75) is 32.3 Å². The molecule has 1 aliphatic carbocycles. The van der Waals surface area contributed by atoms with Crippen molar-refractivity contribution in [1.29, 1.82) is 0 Å². The zero-order valence-corrected chi connectivity index (χ0v) is 14.9. The maximum atomic E-state index is 9.73. The summed E-state index contributed by atoms with van der Waals surface area (Å²) < 4.78 is 0. The average molecular weight is 451 g/mol. The molecule has 0 amide bonds. The molecule has 0 bridgehead atoms.